The highest BCUT2D eigenvalue weighted by atomic mass is 16.5. The summed E-state index contributed by atoms with van der Waals surface area (Å²) in [7, 11) is 1.65. The Hall–Kier alpha value is -1.85. The van der Waals surface area contributed by atoms with Crippen LogP contribution in [0.5, 0.6) is 5.75 Å². The first-order chi connectivity index (χ1) is 10.1. The van der Waals surface area contributed by atoms with Crippen LogP contribution in [0, 0.1) is 0 Å². The lowest BCUT2D eigenvalue weighted by atomic mass is 10.1. The van der Waals surface area contributed by atoms with E-state index in [2.05, 4.69) is 11.8 Å². The Balaban J connectivity index is 2.15. The maximum atomic E-state index is 10.6. The first-order valence-electron chi connectivity index (χ1n) is 7.00. The first kappa shape index (κ1) is 15.5. The maximum Gasteiger partial charge on any atom is 0.328 e. The molecular weight excluding hydrogens is 270 g/mol. The molecule has 0 amide bonds. The SMILES string of the molecule is COc1ccc(C=CC(=O)O)cc1CN1CCOC(C)C1. The van der Waals surface area contributed by atoms with Crippen LogP contribution in [-0.4, -0.2) is 48.9 Å². The van der Waals surface area contributed by atoms with Crippen molar-refractivity contribution in [2.45, 2.75) is 19.6 Å². The summed E-state index contributed by atoms with van der Waals surface area (Å²) in [5.74, 6) is -0.129. The highest BCUT2D eigenvalue weighted by Gasteiger charge is 2.18. The molecule has 1 aromatic carbocycles. The summed E-state index contributed by atoms with van der Waals surface area (Å²) in [5.41, 5.74) is 1.91. The standard InChI is InChI=1S/C16H21NO4/c1-12-10-17(7-8-21-12)11-14-9-13(4-6-16(18)19)3-5-15(14)20-2/h3-6,9,12H,7-8,10-11H2,1-2H3,(H,18,19). The summed E-state index contributed by atoms with van der Waals surface area (Å²) in [5, 5.41) is 8.70. The molecule has 21 heavy (non-hydrogen) atoms. The second kappa shape index (κ2) is 7.24. The van der Waals surface area contributed by atoms with Crippen molar-refractivity contribution in [3.8, 4) is 5.75 Å². The summed E-state index contributed by atoms with van der Waals surface area (Å²) < 4.78 is 10.9. The zero-order chi connectivity index (χ0) is 15.2. The van der Waals surface area contributed by atoms with Crippen LogP contribution < -0.4 is 4.74 Å². The summed E-state index contributed by atoms with van der Waals surface area (Å²) in [6, 6.07) is 5.70. The minimum atomic E-state index is -0.950. The quantitative estimate of drug-likeness (QED) is 0.841. The minimum Gasteiger partial charge on any atom is -0.496 e. The van der Waals surface area contributed by atoms with Gasteiger partial charge in [-0.15, -0.1) is 0 Å². The monoisotopic (exact) mass is 291 g/mol. The van der Waals surface area contributed by atoms with E-state index in [-0.39, 0.29) is 6.10 Å². The zero-order valence-corrected chi connectivity index (χ0v) is 12.4. The van der Waals surface area contributed by atoms with Gasteiger partial charge < -0.3 is 14.6 Å². The maximum absolute atomic E-state index is 10.6. The third-order valence-corrected chi connectivity index (χ3v) is 3.44. The summed E-state index contributed by atoms with van der Waals surface area (Å²) in [4.78, 5) is 12.9. The predicted molar refractivity (Wildman–Crippen MR) is 80.4 cm³/mol. The molecule has 0 radical (unpaired) electrons. The molecule has 1 atom stereocenters. The molecule has 5 nitrogen and oxygen atoms in total. The minimum absolute atomic E-state index is 0.236. The fourth-order valence-corrected chi connectivity index (χ4v) is 2.47. The lowest BCUT2D eigenvalue weighted by molar-refractivity contribution is -0.131. The number of carboxylic acid groups (broad SMARTS) is 1. The van der Waals surface area contributed by atoms with E-state index in [0.29, 0.717) is 0 Å². The van der Waals surface area contributed by atoms with Gasteiger partial charge in [0, 0.05) is 31.3 Å². The lowest BCUT2D eigenvalue weighted by Gasteiger charge is -2.31. The van der Waals surface area contributed by atoms with Crippen LogP contribution in [0.1, 0.15) is 18.1 Å². The first-order valence-corrected chi connectivity index (χ1v) is 7.00. The molecule has 1 N–H and O–H groups in total. The summed E-state index contributed by atoms with van der Waals surface area (Å²) >= 11 is 0. The third-order valence-electron chi connectivity index (χ3n) is 3.44. The number of ether oxygens (including phenoxy) is 2. The smallest absolute Gasteiger partial charge is 0.328 e. The molecule has 1 aromatic rings. The average Bonchev–Trinajstić information content (AvgIpc) is 2.45. The van der Waals surface area contributed by atoms with Crippen molar-refractivity contribution in [3.05, 3.63) is 35.4 Å². The van der Waals surface area contributed by atoms with Crippen molar-refractivity contribution >= 4 is 12.0 Å². The number of carbonyl (C=O) groups is 1. The van der Waals surface area contributed by atoms with Gasteiger partial charge in [0.15, 0.2) is 0 Å². The average molecular weight is 291 g/mol. The molecule has 1 fully saturated rings. The van der Waals surface area contributed by atoms with Gasteiger partial charge in [-0.3, -0.25) is 4.90 Å². The largest absolute Gasteiger partial charge is 0.496 e. The van der Waals surface area contributed by atoms with E-state index in [1.165, 1.54) is 0 Å². The number of rotatable bonds is 5. The molecular formula is C16H21NO4. The molecule has 1 aliphatic rings. The van der Waals surface area contributed by atoms with Crippen molar-refractivity contribution in [1.82, 2.24) is 4.90 Å². The molecule has 0 spiro atoms. The van der Waals surface area contributed by atoms with Gasteiger partial charge in [0.05, 0.1) is 19.8 Å². The second-order valence-corrected chi connectivity index (χ2v) is 5.16. The van der Waals surface area contributed by atoms with E-state index < -0.39 is 5.97 Å². The fourth-order valence-electron chi connectivity index (χ4n) is 2.47. The van der Waals surface area contributed by atoms with E-state index in [0.717, 1.165) is 49.2 Å². The van der Waals surface area contributed by atoms with Crippen LogP contribution in [0.15, 0.2) is 24.3 Å². The number of nitrogens with zero attached hydrogens (tertiary/aromatic N) is 1. The Morgan fingerprint density at radius 3 is 3.05 bits per heavy atom. The van der Waals surface area contributed by atoms with Crippen molar-refractivity contribution in [2.24, 2.45) is 0 Å². The lowest BCUT2D eigenvalue weighted by Crippen LogP contribution is -2.40. The number of carboxylic acids is 1. The topological polar surface area (TPSA) is 59.0 Å². The molecule has 114 valence electrons. The van der Waals surface area contributed by atoms with Crippen LogP contribution in [0.4, 0.5) is 0 Å². The number of morpholine rings is 1. The second-order valence-electron chi connectivity index (χ2n) is 5.16. The highest BCUT2D eigenvalue weighted by Crippen LogP contribution is 2.23. The van der Waals surface area contributed by atoms with Gasteiger partial charge in [-0.25, -0.2) is 4.79 Å². The molecule has 1 aliphatic heterocycles. The fraction of sp³-hybridized carbons (Fsp3) is 0.438. The Bertz CT molecular complexity index is 527. The van der Waals surface area contributed by atoms with Gasteiger partial charge in [0.25, 0.3) is 0 Å². The van der Waals surface area contributed by atoms with E-state index in [9.17, 15) is 4.79 Å². The van der Waals surface area contributed by atoms with Crippen molar-refractivity contribution in [3.63, 3.8) is 0 Å². The van der Waals surface area contributed by atoms with Crippen LogP contribution in [-0.2, 0) is 16.1 Å². The highest BCUT2D eigenvalue weighted by molar-refractivity contribution is 5.85. The van der Waals surface area contributed by atoms with Gasteiger partial charge in [-0.1, -0.05) is 6.07 Å². The van der Waals surface area contributed by atoms with E-state index >= 15 is 0 Å². The zero-order valence-electron chi connectivity index (χ0n) is 12.4. The Kier molecular flexibility index (Phi) is 5.36. The van der Waals surface area contributed by atoms with E-state index in [4.69, 9.17) is 14.6 Å². The van der Waals surface area contributed by atoms with Crippen molar-refractivity contribution in [1.29, 1.82) is 0 Å². The summed E-state index contributed by atoms with van der Waals surface area (Å²) in [6.45, 7) is 5.35. The molecule has 1 heterocycles. The molecule has 0 saturated carbocycles. The molecule has 1 unspecified atom stereocenters. The van der Waals surface area contributed by atoms with Gasteiger partial charge in [-0.2, -0.15) is 0 Å². The summed E-state index contributed by atoms with van der Waals surface area (Å²) in [6.07, 6.45) is 2.97. The van der Waals surface area contributed by atoms with Gasteiger partial charge >= 0.3 is 5.97 Å². The van der Waals surface area contributed by atoms with Gasteiger partial charge in [0.1, 0.15) is 5.75 Å². The Morgan fingerprint density at radius 2 is 2.38 bits per heavy atom. The number of methoxy groups -OCH3 is 1. The van der Waals surface area contributed by atoms with E-state index in [1.54, 1.807) is 13.2 Å². The van der Waals surface area contributed by atoms with Crippen LogP contribution in [0.3, 0.4) is 0 Å². The number of aliphatic carboxylic acids is 1. The Morgan fingerprint density at radius 1 is 1.57 bits per heavy atom. The molecule has 0 aromatic heterocycles. The van der Waals surface area contributed by atoms with Crippen LogP contribution in [0.25, 0.3) is 6.08 Å². The molecule has 2 rings (SSSR count). The van der Waals surface area contributed by atoms with Gasteiger partial charge in [-0.05, 0) is 30.7 Å². The van der Waals surface area contributed by atoms with Crippen LogP contribution in [0.2, 0.25) is 0 Å². The normalized spacial score (nSPS) is 19.8. The van der Waals surface area contributed by atoms with Crippen molar-refractivity contribution < 1.29 is 19.4 Å². The number of hydrogen-bond acceptors (Lipinski definition) is 4. The molecule has 1 saturated heterocycles. The molecule has 0 aliphatic carbocycles. The van der Waals surface area contributed by atoms with Crippen molar-refractivity contribution in [2.75, 3.05) is 26.8 Å². The Labute approximate surface area is 124 Å². The predicted octanol–water partition coefficient (Wildman–Crippen LogP) is 2.01. The number of benzene rings is 1. The van der Waals surface area contributed by atoms with E-state index in [1.807, 2.05) is 18.2 Å². The number of hydrogen-bond donors (Lipinski definition) is 1. The third kappa shape index (κ3) is 4.58. The molecule has 0 bridgehead atoms. The van der Waals surface area contributed by atoms with Gasteiger partial charge in [0.2, 0.25) is 0 Å². The van der Waals surface area contributed by atoms with Crippen LogP contribution >= 0.6 is 0 Å². The molecule has 5 heteroatoms.